The Morgan fingerprint density at radius 3 is 2.30 bits per heavy atom. The van der Waals surface area contributed by atoms with Crippen LogP contribution in [0.4, 0.5) is 5.69 Å². The number of Topliss-reactive ketones (excluding diaryl/α,β-unsaturated/α-hetero) is 1. The van der Waals surface area contributed by atoms with Crippen molar-refractivity contribution in [3.8, 4) is 0 Å². The van der Waals surface area contributed by atoms with Crippen LogP contribution in [0.3, 0.4) is 0 Å². The van der Waals surface area contributed by atoms with Gasteiger partial charge in [-0.15, -0.1) is 0 Å². The van der Waals surface area contributed by atoms with Gasteiger partial charge in [-0.3, -0.25) is 9.59 Å². The molecule has 0 bridgehead atoms. The highest BCUT2D eigenvalue weighted by Crippen LogP contribution is 2.14. The second kappa shape index (κ2) is 10.4. The van der Waals surface area contributed by atoms with E-state index >= 15 is 0 Å². The van der Waals surface area contributed by atoms with Gasteiger partial charge in [-0.05, 0) is 42.8 Å². The van der Waals surface area contributed by atoms with E-state index in [0.717, 1.165) is 10.0 Å². The lowest BCUT2D eigenvalue weighted by Gasteiger charge is -2.06. The maximum Gasteiger partial charge on any atom is 0.330 e. The molecule has 2 aromatic carbocycles. The number of nitrogens with one attached hydrogen (secondary N) is 1. The number of hydrogen-bond donors (Lipinski definition) is 1. The Labute approximate surface area is 166 Å². The van der Waals surface area contributed by atoms with Crippen LogP contribution in [0, 0.1) is 0 Å². The van der Waals surface area contributed by atoms with Crippen LogP contribution in [0.5, 0.6) is 0 Å². The first-order chi connectivity index (χ1) is 13.0. The van der Waals surface area contributed by atoms with Crippen LogP contribution in [0.15, 0.2) is 59.1 Å². The van der Waals surface area contributed by atoms with Gasteiger partial charge in [-0.2, -0.15) is 0 Å². The molecule has 0 atom stereocenters. The Bertz CT molecular complexity index is 826. The Hall–Kier alpha value is -2.73. The fourth-order valence-electron chi connectivity index (χ4n) is 2.26. The van der Waals surface area contributed by atoms with Gasteiger partial charge in [0, 0.05) is 34.6 Å². The number of esters is 1. The molecule has 0 saturated carbocycles. The van der Waals surface area contributed by atoms with Crippen molar-refractivity contribution in [3.05, 3.63) is 70.2 Å². The molecule has 0 radical (unpaired) electrons. The summed E-state index contributed by atoms with van der Waals surface area (Å²) in [5.74, 6) is -0.697. The van der Waals surface area contributed by atoms with Crippen molar-refractivity contribution in [3.63, 3.8) is 0 Å². The van der Waals surface area contributed by atoms with Crippen LogP contribution < -0.4 is 5.32 Å². The van der Waals surface area contributed by atoms with Crippen LogP contribution in [0.2, 0.25) is 0 Å². The van der Waals surface area contributed by atoms with Crippen molar-refractivity contribution in [2.24, 2.45) is 0 Å². The number of ether oxygens (including phenoxy) is 1. The fourth-order valence-corrected chi connectivity index (χ4v) is 2.53. The van der Waals surface area contributed by atoms with E-state index in [2.05, 4.69) is 21.2 Å². The molecule has 0 spiro atoms. The molecule has 2 aromatic rings. The normalized spacial score (nSPS) is 10.6. The number of rotatable bonds is 8. The van der Waals surface area contributed by atoms with E-state index in [4.69, 9.17) is 4.74 Å². The molecule has 0 aliphatic heterocycles. The first-order valence-corrected chi connectivity index (χ1v) is 9.30. The summed E-state index contributed by atoms with van der Waals surface area (Å²) in [6, 6.07) is 14.1. The smallest absolute Gasteiger partial charge is 0.330 e. The molecular weight excluding hydrogens is 410 g/mol. The minimum Gasteiger partial charge on any atom is -0.463 e. The van der Waals surface area contributed by atoms with Gasteiger partial charge in [-0.25, -0.2) is 4.79 Å². The van der Waals surface area contributed by atoms with E-state index in [9.17, 15) is 14.4 Å². The van der Waals surface area contributed by atoms with Crippen molar-refractivity contribution in [1.29, 1.82) is 0 Å². The van der Waals surface area contributed by atoms with Gasteiger partial charge in [-0.1, -0.05) is 40.2 Å². The van der Waals surface area contributed by atoms with Gasteiger partial charge in [0.05, 0.1) is 6.61 Å². The van der Waals surface area contributed by atoms with Gasteiger partial charge >= 0.3 is 5.97 Å². The average Bonchev–Trinajstić information content (AvgIpc) is 2.66. The van der Waals surface area contributed by atoms with Gasteiger partial charge in [0.25, 0.3) is 0 Å². The van der Waals surface area contributed by atoms with E-state index in [-0.39, 0.29) is 24.5 Å². The quantitative estimate of drug-likeness (QED) is 0.377. The average molecular weight is 430 g/mol. The number of amides is 1. The van der Waals surface area contributed by atoms with E-state index in [0.29, 0.717) is 17.9 Å². The first kappa shape index (κ1) is 20.6. The topological polar surface area (TPSA) is 72.5 Å². The fraction of sp³-hybridized carbons (Fsp3) is 0.190. The molecule has 2 rings (SSSR count). The molecular formula is C21H20BrNO4. The van der Waals surface area contributed by atoms with Crippen molar-refractivity contribution in [2.75, 3.05) is 11.9 Å². The number of ketones is 1. The Morgan fingerprint density at radius 2 is 1.67 bits per heavy atom. The van der Waals surface area contributed by atoms with Crippen LogP contribution in [0.1, 0.15) is 35.7 Å². The zero-order valence-electron chi connectivity index (χ0n) is 14.9. The zero-order chi connectivity index (χ0) is 19.6. The second-order valence-corrected chi connectivity index (χ2v) is 6.60. The highest BCUT2D eigenvalue weighted by Gasteiger charge is 2.09. The first-order valence-electron chi connectivity index (χ1n) is 8.51. The Morgan fingerprint density at radius 1 is 1.00 bits per heavy atom. The van der Waals surface area contributed by atoms with Gasteiger partial charge in [0.1, 0.15) is 0 Å². The van der Waals surface area contributed by atoms with Crippen LogP contribution in [-0.2, 0) is 14.3 Å². The maximum absolute atomic E-state index is 12.1. The lowest BCUT2D eigenvalue weighted by Crippen LogP contribution is -2.13. The van der Waals surface area contributed by atoms with Crippen molar-refractivity contribution in [2.45, 2.75) is 19.8 Å². The molecule has 1 N–H and O–H groups in total. The SMILES string of the molecule is CCOC(=O)/C=C/c1ccc(NC(=O)CCC(=O)c2ccc(Br)cc2)cc1. The highest BCUT2D eigenvalue weighted by molar-refractivity contribution is 9.10. The molecule has 0 heterocycles. The lowest BCUT2D eigenvalue weighted by molar-refractivity contribution is -0.137. The minimum absolute atomic E-state index is 0.0721. The summed E-state index contributed by atoms with van der Waals surface area (Å²) in [4.78, 5) is 35.4. The molecule has 0 fully saturated rings. The van der Waals surface area contributed by atoms with Crippen LogP contribution >= 0.6 is 15.9 Å². The summed E-state index contributed by atoms with van der Waals surface area (Å²) in [6.45, 7) is 2.08. The van der Waals surface area contributed by atoms with Gasteiger partial charge in [0.2, 0.25) is 5.91 Å². The van der Waals surface area contributed by atoms with Crippen molar-refractivity contribution in [1.82, 2.24) is 0 Å². The molecule has 0 aliphatic rings. The third-order valence-electron chi connectivity index (χ3n) is 3.64. The number of anilines is 1. The standard InChI is InChI=1S/C21H20BrNO4/c1-2-27-21(26)14-5-15-3-10-18(11-4-15)23-20(25)13-12-19(24)16-6-8-17(22)9-7-16/h3-11,14H,2,12-13H2,1H3,(H,23,25)/b14-5+. The number of hydrogen-bond acceptors (Lipinski definition) is 4. The molecule has 5 nitrogen and oxygen atoms in total. The van der Waals surface area contributed by atoms with Crippen LogP contribution in [0.25, 0.3) is 6.08 Å². The van der Waals surface area contributed by atoms with Gasteiger partial charge < -0.3 is 10.1 Å². The van der Waals surface area contributed by atoms with E-state index in [1.165, 1.54) is 6.08 Å². The third-order valence-corrected chi connectivity index (χ3v) is 4.17. The van der Waals surface area contributed by atoms with E-state index in [1.54, 1.807) is 61.5 Å². The predicted molar refractivity (Wildman–Crippen MR) is 108 cm³/mol. The largest absolute Gasteiger partial charge is 0.463 e. The van der Waals surface area contributed by atoms with Crippen molar-refractivity contribution < 1.29 is 19.1 Å². The summed E-state index contributed by atoms with van der Waals surface area (Å²) in [5, 5.41) is 2.76. The molecule has 140 valence electrons. The molecule has 27 heavy (non-hydrogen) atoms. The number of benzene rings is 2. The van der Waals surface area contributed by atoms with E-state index in [1.807, 2.05) is 0 Å². The summed E-state index contributed by atoms with van der Waals surface area (Å²) < 4.78 is 5.71. The van der Waals surface area contributed by atoms with Crippen LogP contribution in [-0.4, -0.2) is 24.3 Å². The Balaban J connectivity index is 1.82. The molecule has 0 unspecified atom stereocenters. The molecule has 0 aliphatic carbocycles. The number of halogens is 1. The molecule has 0 saturated heterocycles. The molecule has 1 amide bonds. The third kappa shape index (κ3) is 7.19. The highest BCUT2D eigenvalue weighted by atomic mass is 79.9. The predicted octanol–water partition coefficient (Wildman–Crippen LogP) is 4.63. The molecule has 6 heteroatoms. The number of carbonyl (C=O) groups excluding carboxylic acids is 3. The zero-order valence-corrected chi connectivity index (χ0v) is 16.5. The van der Waals surface area contributed by atoms with Crippen molar-refractivity contribution >= 4 is 45.4 Å². The lowest BCUT2D eigenvalue weighted by atomic mass is 10.1. The minimum atomic E-state index is -0.398. The van der Waals surface area contributed by atoms with Gasteiger partial charge in [0.15, 0.2) is 5.78 Å². The number of carbonyl (C=O) groups is 3. The maximum atomic E-state index is 12.1. The summed E-state index contributed by atoms with van der Waals surface area (Å²) in [5.41, 5.74) is 2.03. The molecule has 0 aromatic heterocycles. The van der Waals surface area contributed by atoms with E-state index < -0.39 is 5.97 Å². The monoisotopic (exact) mass is 429 g/mol. The summed E-state index contributed by atoms with van der Waals surface area (Å²) in [7, 11) is 0. The summed E-state index contributed by atoms with van der Waals surface area (Å²) in [6.07, 6.45) is 3.25. The summed E-state index contributed by atoms with van der Waals surface area (Å²) >= 11 is 3.32. The second-order valence-electron chi connectivity index (χ2n) is 5.69. The Kier molecular flexibility index (Phi) is 7.95.